The summed E-state index contributed by atoms with van der Waals surface area (Å²) in [5, 5.41) is 19.5. The summed E-state index contributed by atoms with van der Waals surface area (Å²) in [4.78, 5) is 37.9. The van der Waals surface area contributed by atoms with Crippen molar-refractivity contribution in [1.29, 1.82) is 0 Å². The molecule has 0 radical (unpaired) electrons. The van der Waals surface area contributed by atoms with Gasteiger partial charge in [0.25, 0.3) is 5.69 Å². The minimum Gasteiger partial charge on any atom is -0.481 e. The second-order valence-corrected chi connectivity index (χ2v) is 4.27. The maximum Gasteiger partial charge on any atom is 0.308 e. The Bertz CT molecular complexity index is 571. The molecular formula is C11H11N3O5. The molecule has 1 saturated heterocycles. The number of aliphatic carboxylic acids is 1. The first-order valence-electron chi connectivity index (χ1n) is 5.55. The van der Waals surface area contributed by atoms with Crippen molar-refractivity contribution in [3.8, 4) is 0 Å². The van der Waals surface area contributed by atoms with Crippen LogP contribution < -0.4 is 4.90 Å². The largest absolute Gasteiger partial charge is 0.481 e. The molecular weight excluding hydrogens is 254 g/mol. The molecule has 1 N–H and O–H groups in total. The van der Waals surface area contributed by atoms with Gasteiger partial charge in [0.15, 0.2) is 0 Å². The number of hydrogen-bond donors (Lipinski definition) is 1. The van der Waals surface area contributed by atoms with Crippen molar-refractivity contribution in [3.05, 3.63) is 27.9 Å². The van der Waals surface area contributed by atoms with E-state index in [9.17, 15) is 19.7 Å². The summed E-state index contributed by atoms with van der Waals surface area (Å²) in [5.74, 6) is -1.88. The van der Waals surface area contributed by atoms with Crippen LogP contribution in [0.3, 0.4) is 0 Å². The molecule has 1 atom stereocenters. The van der Waals surface area contributed by atoms with E-state index in [1.54, 1.807) is 0 Å². The first kappa shape index (κ1) is 12.9. The zero-order chi connectivity index (χ0) is 14.2. The zero-order valence-electron chi connectivity index (χ0n) is 10.1. The highest BCUT2D eigenvalue weighted by atomic mass is 16.6. The average molecular weight is 265 g/mol. The van der Waals surface area contributed by atoms with Gasteiger partial charge in [-0.25, -0.2) is 4.98 Å². The van der Waals surface area contributed by atoms with Crippen LogP contribution in [-0.2, 0) is 9.59 Å². The van der Waals surface area contributed by atoms with Crippen LogP contribution in [0.2, 0.25) is 0 Å². The third-order valence-corrected chi connectivity index (χ3v) is 2.99. The van der Waals surface area contributed by atoms with Gasteiger partial charge in [-0.15, -0.1) is 0 Å². The van der Waals surface area contributed by atoms with Crippen molar-refractivity contribution in [3.63, 3.8) is 0 Å². The maximum absolute atomic E-state index is 11.7. The highest BCUT2D eigenvalue weighted by molar-refractivity contribution is 5.98. The fraction of sp³-hybridized carbons (Fsp3) is 0.364. The lowest BCUT2D eigenvalue weighted by Crippen LogP contribution is -2.26. The quantitative estimate of drug-likeness (QED) is 0.636. The van der Waals surface area contributed by atoms with Crippen LogP contribution >= 0.6 is 0 Å². The summed E-state index contributed by atoms with van der Waals surface area (Å²) in [6.45, 7) is 1.51. The number of carbonyl (C=O) groups excluding carboxylic acids is 1. The number of aryl methyl sites for hydroxylation is 1. The van der Waals surface area contributed by atoms with E-state index in [1.807, 2.05) is 0 Å². The van der Waals surface area contributed by atoms with Crippen molar-refractivity contribution in [1.82, 2.24) is 4.98 Å². The van der Waals surface area contributed by atoms with Gasteiger partial charge in [-0.1, -0.05) is 0 Å². The predicted octanol–water partition coefficient (Wildman–Crippen LogP) is 0.736. The fourth-order valence-corrected chi connectivity index (χ4v) is 1.98. The molecule has 1 unspecified atom stereocenters. The summed E-state index contributed by atoms with van der Waals surface area (Å²) >= 11 is 0. The number of carboxylic acids is 1. The lowest BCUT2D eigenvalue weighted by molar-refractivity contribution is -0.385. The molecule has 0 saturated carbocycles. The molecule has 2 rings (SSSR count). The second kappa shape index (κ2) is 4.63. The van der Waals surface area contributed by atoms with Crippen LogP contribution in [0.5, 0.6) is 0 Å². The molecule has 19 heavy (non-hydrogen) atoms. The van der Waals surface area contributed by atoms with Crippen molar-refractivity contribution < 1.29 is 19.6 Å². The minimum absolute atomic E-state index is 0.0401. The van der Waals surface area contributed by atoms with Crippen molar-refractivity contribution in [2.24, 2.45) is 5.92 Å². The van der Waals surface area contributed by atoms with Gasteiger partial charge in [0, 0.05) is 19.0 Å². The molecule has 8 heteroatoms. The third-order valence-electron chi connectivity index (χ3n) is 2.99. The molecule has 0 aromatic carbocycles. The average Bonchev–Trinajstić information content (AvgIpc) is 2.71. The molecule has 8 nitrogen and oxygen atoms in total. The first-order chi connectivity index (χ1) is 8.90. The van der Waals surface area contributed by atoms with Crippen LogP contribution in [0.15, 0.2) is 12.1 Å². The van der Waals surface area contributed by atoms with Gasteiger partial charge in [-0.05, 0) is 13.0 Å². The molecule has 0 aliphatic carbocycles. The predicted molar refractivity (Wildman–Crippen MR) is 63.7 cm³/mol. The van der Waals surface area contributed by atoms with Crippen LogP contribution in [0.1, 0.15) is 12.1 Å². The summed E-state index contributed by atoms with van der Waals surface area (Å²) < 4.78 is 0. The number of hydrogen-bond acceptors (Lipinski definition) is 5. The Hall–Kier alpha value is -2.51. The number of carboxylic acid groups (broad SMARTS) is 1. The van der Waals surface area contributed by atoms with Crippen LogP contribution in [0.4, 0.5) is 11.5 Å². The number of nitro groups is 1. The van der Waals surface area contributed by atoms with Crippen LogP contribution in [0.25, 0.3) is 0 Å². The number of pyridine rings is 1. The van der Waals surface area contributed by atoms with Crippen molar-refractivity contribution in [2.75, 3.05) is 11.4 Å². The van der Waals surface area contributed by atoms with E-state index in [-0.39, 0.29) is 36.1 Å². The number of aromatic nitrogens is 1. The van der Waals surface area contributed by atoms with E-state index in [0.717, 1.165) is 0 Å². The second-order valence-electron chi connectivity index (χ2n) is 4.27. The summed E-state index contributed by atoms with van der Waals surface area (Å²) in [7, 11) is 0. The molecule has 1 aliphatic heterocycles. The van der Waals surface area contributed by atoms with Gasteiger partial charge in [-0.2, -0.15) is 0 Å². The Balaban J connectivity index is 2.28. The number of rotatable bonds is 3. The van der Waals surface area contributed by atoms with E-state index in [1.165, 1.54) is 24.0 Å². The SMILES string of the molecule is Cc1nc(N2CC(C(=O)O)CC2=O)ccc1[N+](=O)[O-]. The normalized spacial score (nSPS) is 18.7. The van der Waals surface area contributed by atoms with Crippen molar-refractivity contribution >= 4 is 23.4 Å². The molecule has 100 valence electrons. The fourth-order valence-electron chi connectivity index (χ4n) is 1.98. The number of amides is 1. The lowest BCUT2D eigenvalue weighted by atomic mass is 10.1. The molecule has 1 aromatic rings. The van der Waals surface area contributed by atoms with E-state index in [4.69, 9.17) is 5.11 Å². The van der Waals surface area contributed by atoms with E-state index >= 15 is 0 Å². The number of carbonyl (C=O) groups is 2. The molecule has 1 fully saturated rings. The molecule has 0 spiro atoms. The van der Waals surface area contributed by atoms with Gasteiger partial charge in [0.1, 0.15) is 11.5 Å². The highest BCUT2D eigenvalue weighted by Gasteiger charge is 2.36. The van der Waals surface area contributed by atoms with Crippen LogP contribution in [-0.4, -0.2) is 33.4 Å². The first-order valence-corrected chi connectivity index (χ1v) is 5.55. The molecule has 1 amide bonds. The van der Waals surface area contributed by atoms with E-state index in [0.29, 0.717) is 0 Å². The van der Waals surface area contributed by atoms with Gasteiger partial charge < -0.3 is 5.11 Å². The summed E-state index contributed by atoms with van der Waals surface area (Å²) in [5.41, 5.74) is 0.0549. The topological polar surface area (TPSA) is 114 Å². The number of anilines is 1. The monoisotopic (exact) mass is 265 g/mol. The lowest BCUT2D eigenvalue weighted by Gasteiger charge is -2.15. The Morgan fingerprint density at radius 3 is 2.74 bits per heavy atom. The minimum atomic E-state index is -1.03. The van der Waals surface area contributed by atoms with Gasteiger partial charge in [-0.3, -0.25) is 24.6 Å². The van der Waals surface area contributed by atoms with E-state index < -0.39 is 16.8 Å². The maximum atomic E-state index is 11.7. The van der Waals surface area contributed by atoms with Gasteiger partial charge in [0.2, 0.25) is 5.91 Å². The van der Waals surface area contributed by atoms with E-state index in [2.05, 4.69) is 4.98 Å². The zero-order valence-corrected chi connectivity index (χ0v) is 10.1. The molecule has 2 heterocycles. The molecule has 1 aromatic heterocycles. The van der Waals surface area contributed by atoms with Gasteiger partial charge >= 0.3 is 5.97 Å². The van der Waals surface area contributed by atoms with Crippen LogP contribution in [0, 0.1) is 23.0 Å². The molecule has 0 bridgehead atoms. The molecule has 1 aliphatic rings. The Morgan fingerprint density at radius 1 is 1.58 bits per heavy atom. The Kier molecular flexibility index (Phi) is 3.16. The highest BCUT2D eigenvalue weighted by Crippen LogP contribution is 2.26. The standard InChI is InChI=1S/C11H11N3O5/c1-6-8(14(18)19)2-3-9(12-6)13-5-7(11(16)17)4-10(13)15/h2-3,7H,4-5H2,1H3,(H,16,17). The van der Waals surface area contributed by atoms with Gasteiger partial charge in [0.05, 0.1) is 10.8 Å². The van der Waals surface area contributed by atoms with Crippen molar-refractivity contribution in [2.45, 2.75) is 13.3 Å². The summed E-state index contributed by atoms with van der Waals surface area (Å²) in [6.07, 6.45) is -0.0763. The Labute approximate surface area is 107 Å². The number of nitrogens with zero attached hydrogens (tertiary/aromatic N) is 3. The smallest absolute Gasteiger partial charge is 0.308 e. The summed E-state index contributed by atoms with van der Waals surface area (Å²) in [6, 6.07) is 2.62. The Morgan fingerprint density at radius 2 is 2.26 bits per heavy atom. The third kappa shape index (κ3) is 2.37.